The Morgan fingerprint density at radius 3 is 2.87 bits per heavy atom. The van der Waals surface area contributed by atoms with Gasteiger partial charge in [-0.3, -0.25) is 4.79 Å². The highest BCUT2D eigenvalue weighted by Gasteiger charge is 2.15. The van der Waals surface area contributed by atoms with Gasteiger partial charge in [-0.25, -0.2) is 5.43 Å². The van der Waals surface area contributed by atoms with Gasteiger partial charge in [-0.1, -0.05) is 18.5 Å². The second-order valence-corrected chi connectivity index (χ2v) is 6.70. The van der Waals surface area contributed by atoms with E-state index in [1.54, 1.807) is 42.7 Å². The number of rotatable bonds is 6. The van der Waals surface area contributed by atoms with Gasteiger partial charge in [-0.15, -0.1) is 11.3 Å². The zero-order valence-corrected chi connectivity index (χ0v) is 14.9. The van der Waals surface area contributed by atoms with Crippen LogP contribution in [0.15, 0.2) is 35.4 Å². The Hall–Kier alpha value is -1.85. The molecular formula is C17H19ClN2O2S. The number of hydrogen-bond donors (Lipinski definition) is 1. The Morgan fingerprint density at radius 2 is 2.22 bits per heavy atom. The van der Waals surface area contributed by atoms with Gasteiger partial charge in [0.2, 0.25) is 0 Å². The quantitative estimate of drug-likeness (QED) is 0.627. The lowest BCUT2D eigenvalue weighted by Crippen LogP contribution is -2.33. The molecule has 2 aromatic rings. The lowest BCUT2D eigenvalue weighted by molar-refractivity contribution is -0.127. The second kappa shape index (κ2) is 8.13. The lowest BCUT2D eigenvalue weighted by Gasteiger charge is -2.14. The Labute approximate surface area is 145 Å². The fourth-order valence-corrected chi connectivity index (χ4v) is 2.94. The van der Waals surface area contributed by atoms with Crippen LogP contribution in [0.4, 0.5) is 0 Å². The highest BCUT2D eigenvalue weighted by molar-refractivity contribution is 7.13. The molecule has 1 N–H and O–H groups in total. The summed E-state index contributed by atoms with van der Waals surface area (Å²) in [6.07, 6.45) is 1.99. The van der Waals surface area contributed by atoms with Crippen molar-refractivity contribution in [1.29, 1.82) is 0 Å². The molecule has 0 saturated carbocycles. The minimum atomic E-state index is -0.651. The third-order valence-corrected chi connectivity index (χ3v) is 4.61. The normalized spacial score (nSPS) is 12.3. The van der Waals surface area contributed by atoms with Crippen molar-refractivity contribution in [1.82, 2.24) is 5.43 Å². The average Bonchev–Trinajstić information content (AvgIpc) is 2.98. The summed E-state index contributed by atoms with van der Waals surface area (Å²) in [7, 11) is 0. The largest absolute Gasteiger partial charge is 0.481 e. The standard InChI is InChI=1S/C17H19ClN2O2S/c1-4-14-6-7-15(23-14)10-19-20-17(21)12(3)22-16-8-5-13(18)9-11(16)2/h5-10,12H,4H2,1-3H3,(H,20,21). The fraction of sp³-hybridized carbons (Fsp3) is 0.294. The minimum Gasteiger partial charge on any atom is -0.481 e. The van der Waals surface area contributed by atoms with E-state index in [0.717, 1.165) is 16.9 Å². The summed E-state index contributed by atoms with van der Waals surface area (Å²) in [5.74, 6) is 0.328. The number of aryl methyl sites for hydroxylation is 2. The van der Waals surface area contributed by atoms with Crippen LogP contribution in [-0.4, -0.2) is 18.2 Å². The lowest BCUT2D eigenvalue weighted by atomic mass is 10.2. The molecule has 1 unspecified atom stereocenters. The van der Waals surface area contributed by atoms with Crippen LogP contribution in [0.1, 0.15) is 29.2 Å². The van der Waals surface area contributed by atoms with E-state index in [4.69, 9.17) is 16.3 Å². The Kier molecular flexibility index (Phi) is 6.19. The third-order valence-electron chi connectivity index (χ3n) is 3.21. The number of nitrogens with zero attached hydrogens (tertiary/aromatic N) is 1. The van der Waals surface area contributed by atoms with Gasteiger partial charge >= 0.3 is 0 Å². The molecule has 6 heteroatoms. The first kappa shape index (κ1) is 17.5. The molecule has 0 fully saturated rings. The van der Waals surface area contributed by atoms with Crippen LogP contribution in [0.25, 0.3) is 0 Å². The van der Waals surface area contributed by atoms with E-state index in [2.05, 4.69) is 23.5 Å². The van der Waals surface area contributed by atoms with Crippen LogP contribution in [-0.2, 0) is 11.2 Å². The van der Waals surface area contributed by atoms with Crippen LogP contribution >= 0.6 is 22.9 Å². The molecule has 0 radical (unpaired) electrons. The molecule has 1 aromatic carbocycles. The molecule has 0 bridgehead atoms. The smallest absolute Gasteiger partial charge is 0.280 e. The molecule has 23 heavy (non-hydrogen) atoms. The van der Waals surface area contributed by atoms with Crippen molar-refractivity contribution in [3.05, 3.63) is 50.7 Å². The monoisotopic (exact) mass is 350 g/mol. The molecule has 0 saturated heterocycles. The fourth-order valence-electron chi connectivity index (χ4n) is 1.89. The number of benzene rings is 1. The van der Waals surface area contributed by atoms with E-state index in [1.165, 1.54) is 4.88 Å². The Morgan fingerprint density at radius 1 is 1.43 bits per heavy atom. The SMILES string of the molecule is CCc1ccc(C=NNC(=O)C(C)Oc2ccc(Cl)cc2C)s1. The molecule has 0 aliphatic carbocycles. The number of hydrazone groups is 1. The first-order chi connectivity index (χ1) is 11.0. The van der Waals surface area contributed by atoms with Gasteiger partial charge in [0.25, 0.3) is 5.91 Å². The highest BCUT2D eigenvalue weighted by Crippen LogP contribution is 2.22. The van der Waals surface area contributed by atoms with Gasteiger partial charge < -0.3 is 4.74 Å². The van der Waals surface area contributed by atoms with Crippen LogP contribution in [0.2, 0.25) is 5.02 Å². The summed E-state index contributed by atoms with van der Waals surface area (Å²) in [4.78, 5) is 14.3. The molecule has 1 heterocycles. The van der Waals surface area contributed by atoms with E-state index in [9.17, 15) is 4.79 Å². The number of nitrogens with one attached hydrogen (secondary N) is 1. The number of ether oxygens (including phenoxy) is 1. The molecular weight excluding hydrogens is 332 g/mol. The number of amides is 1. The van der Waals surface area contributed by atoms with E-state index in [-0.39, 0.29) is 5.91 Å². The van der Waals surface area contributed by atoms with E-state index in [0.29, 0.717) is 10.8 Å². The summed E-state index contributed by atoms with van der Waals surface area (Å²) >= 11 is 7.56. The van der Waals surface area contributed by atoms with Crippen molar-refractivity contribution in [3.8, 4) is 5.75 Å². The zero-order valence-electron chi connectivity index (χ0n) is 13.3. The predicted molar refractivity (Wildman–Crippen MR) is 95.7 cm³/mol. The molecule has 0 aliphatic heterocycles. The Balaban J connectivity index is 1.89. The van der Waals surface area contributed by atoms with Crippen LogP contribution in [0.5, 0.6) is 5.75 Å². The molecule has 0 aliphatic rings. The number of carbonyl (C=O) groups is 1. The highest BCUT2D eigenvalue weighted by atomic mass is 35.5. The van der Waals surface area contributed by atoms with E-state index < -0.39 is 6.10 Å². The van der Waals surface area contributed by atoms with Gasteiger partial charge in [0.15, 0.2) is 6.10 Å². The maximum Gasteiger partial charge on any atom is 0.280 e. The molecule has 0 spiro atoms. The number of halogens is 1. The van der Waals surface area contributed by atoms with E-state index >= 15 is 0 Å². The number of thiophene rings is 1. The van der Waals surface area contributed by atoms with Crippen molar-refractivity contribution in [3.63, 3.8) is 0 Å². The summed E-state index contributed by atoms with van der Waals surface area (Å²) in [5, 5.41) is 4.61. The first-order valence-electron chi connectivity index (χ1n) is 7.34. The molecule has 1 amide bonds. The van der Waals surface area contributed by atoms with Crippen molar-refractivity contribution in [2.75, 3.05) is 0 Å². The van der Waals surface area contributed by atoms with Gasteiger partial charge in [0.1, 0.15) is 5.75 Å². The molecule has 1 atom stereocenters. The average molecular weight is 351 g/mol. The molecule has 4 nitrogen and oxygen atoms in total. The molecule has 122 valence electrons. The summed E-state index contributed by atoms with van der Waals surface area (Å²) in [6, 6.07) is 9.32. The van der Waals surface area contributed by atoms with Crippen molar-refractivity contribution < 1.29 is 9.53 Å². The maximum absolute atomic E-state index is 12.0. The van der Waals surface area contributed by atoms with Gasteiger partial charge in [0.05, 0.1) is 6.21 Å². The summed E-state index contributed by atoms with van der Waals surface area (Å²) in [5.41, 5.74) is 3.38. The number of carbonyl (C=O) groups excluding carboxylic acids is 1. The Bertz CT molecular complexity index is 712. The van der Waals surface area contributed by atoms with Crippen molar-refractivity contribution in [2.45, 2.75) is 33.3 Å². The summed E-state index contributed by atoms with van der Waals surface area (Å²) in [6.45, 7) is 5.66. The maximum atomic E-state index is 12.0. The van der Waals surface area contributed by atoms with E-state index in [1.807, 2.05) is 13.0 Å². The van der Waals surface area contributed by atoms with Gasteiger partial charge in [-0.05, 0) is 56.2 Å². The minimum absolute atomic E-state index is 0.303. The summed E-state index contributed by atoms with van der Waals surface area (Å²) < 4.78 is 5.64. The van der Waals surface area contributed by atoms with Crippen molar-refractivity contribution in [2.24, 2.45) is 5.10 Å². The van der Waals surface area contributed by atoms with Gasteiger partial charge in [0, 0.05) is 14.8 Å². The predicted octanol–water partition coefficient (Wildman–Crippen LogP) is 4.19. The molecule has 1 aromatic heterocycles. The van der Waals surface area contributed by atoms with Crippen molar-refractivity contribution >= 4 is 35.1 Å². The van der Waals surface area contributed by atoms with Gasteiger partial charge in [-0.2, -0.15) is 5.10 Å². The first-order valence-corrected chi connectivity index (χ1v) is 8.53. The van der Waals surface area contributed by atoms with Crippen LogP contribution < -0.4 is 10.2 Å². The van der Waals surface area contributed by atoms with Crippen LogP contribution in [0.3, 0.4) is 0 Å². The zero-order chi connectivity index (χ0) is 16.8. The van der Waals surface area contributed by atoms with Crippen LogP contribution in [0, 0.1) is 6.92 Å². The number of hydrogen-bond acceptors (Lipinski definition) is 4. The molecule has 2 rings (SSSR count). The third kappa shape index (κ3) is 5.08. The topological polar surface area (TPSA) is 50.7 Å². The second-order valence-electron chi connectivity index (χ2n) is 5.06.